The summed E-state index contributed by atoms with van der Waals surface area (Å²) in [5, 5.41) is 7.55. The lowest BCUT2D eigenvalue weighted by atomic mass is 9.93. The Hall–Kier alpha value is -3.48. The molecule has 0 saturated heterocycles. The molecule has 1 atom stereocenters. The van der Waals surface area contributed by atoms with Crippen LogP contribution in [0.4, 0.5) is 5.95 Å². The number of aromatic nitrogens is 4. The largest absolute Gasteiger partial charge is 0.463 e. The summed E-state index contributed by atoms with van der Waals surface area (Å²) < 4.78 is 7.05. The van der Waals surface area contributed by atoms with Crippen LogP contribution in [0.1, 0.15) is 24.1 Å². The van der Waals surface area contributed by atoms with Crippen LogP contribution >= 0.6 is 0 Å². The van der Waals surface area contributed by atoms with E-state index in [2.05, 4.69) is 20.4 Å². The molecule has 26 heavy (non-hydrogen) atoms. The first-order chi connectivity index (χ1) is 12.8. The molecular formula is C19H17N5O2. The molecule has 4 rings (SSSR count). The molecule has 7 nitrogen and oxygen atoms in total. The second-order valence-corrected chi connectivity index (χ2v) is 5.71. The number of ether oxygens (including phenoxy) is 1. The van der Waals surface area contributed by atoms with Crippen molar-refractivity contribution in [3.63, 3.8) is 0 Å². The van der Waals surface area contributed by atoms with Gasteiger partial charge in [-0.2, -0.15) is 10.1 Å². The van der Waals surface area contributed by atoms with Crippen molar-refractivity contribution in [2.24, 2.45) is 0 Å². The summed E-state index contributed by atoms with van der Waals surface area (Å²) in [6, 6.07) is 12.9. The molecule has 3 aromatic rings. The van der Waals surface area contributed by atoms with Crippen molar-refractivity contribution in [3.05, 3.63) is 77.9 Å². The lowest BCUT2D eigenvalue weighted by Gasteiger charge is -2.29. The fourth-order valence-electron chi connectivity index (χ4n) is 3.08. The molecule has 130 valence electrons. The SMILES string of the molecule is CCOC(=O)C1=C(c2ccccc2)Nc2ncnn2[C@H]1c1ccncc1. The lowest BCUT2D eigenvalue weighted by Crippen LogP contribution is -2.30. The highest BCUT2D eigenvalue weighted by molar-refractivity contribution is 6.02. The topological polar surface area (TPSA) is 81.9 Å². The lowest BCUT2D eigenvalue weighted by molar-refractivity contribution is -0.138. The van der Waals surface area contributed by atoms with Gasteiger partial charge in [0.05, 0.1) is 17.9 Å². The minimum absolute atomic E-state index is 0.289. The number of fused-ring (bicyclic) bond motifs is 1. The molecule has 0 amide bonds. The van der Waals surface area contributed by atoms with Crippen molar-refractivity contribution in [2.75, 3.05) is 11.9 Å². The van der Waals surface area contributed by atoms with Gasteiger partial charge < -0.3 is 10.1 Å². The molecule has 0 unspecified atom stereocenters. The van der Waals surface area contributed by atoms with E-state index in [4.69, 9.17) is 4.74 Å². The van der Waals surface area contributed by atoms with Gasteiger partial charge in [-0.1, -0.05) is 30.3 Å². The fraction of sp³-hybridized carbons (Fsp3) is 0.158. The first-order valence-electron chi connectivity index (χ1n) is 8.32. The van der Waals surface area contributed by atoms with Crippen molar-refractivity contribution in [1.29, 1.82) is 0 Å². The maximum absolute atomic E-state index is 12.9. The molecule has 1 aromatic carbocycles. The van der Waals surface area contributed by atoms with E-state index in [-0.39, 0.29) is 12.6 Å². The van der Waals surface area contributed by atoms with Crippen molar-refractivity contribution < 1.29 is 9.53 Å². The molecule has 0 fully saturated rings. The molecule has 7 heteroatoms. The van der Waals surface area contributed by atoms with Crippen LogP contribution in [-0.4, -0.2) is 32.3 Å². The van der Waals surface area contributed by atoms with Gasteiger partial charge in [0, 0.05) is 12.4 Å². The fourth-order valence-corrected chi connectivity index (χ4v) is 3.08. The van der Waals surface area contributed by atoms with Crippen LogP contribution in [0.2, 0.25) is 0 Å². The summed E-state index contributed by atoms with van der Waals surface area (Å²) in [6.45, 7) is 2.08. The van der Waals surface area contributed by atoms with Gasteiger partial charge in [0.15, 0.2) is 0 Å². The summed E-state index contributed by atoms with van der Waals surface area (Å²) in [7, 11) is 0. The van der Waals surface area contributed by atoms with E-state index in [9.17, 15) is 4.79 Å². The van der Waals surface area contributed by atoms with Crippen LogP contribution in [0.3, 0.4) is 0 Å². The number of esters is 1. The highest BCUT2D eigenvalue weighted by atomic mass is 16.5. The van der Waals surface area contributed by atoms with Gasteiger partial charge in [0.2, 0.25) is 5.95 Å². The number of anilines is 1. The van der Waals surface area contributed by atoms with Crippen LogP contribution in [0.25, 0.3) is 5.70 Å². The van der Waals surface area contributed by atoms with Crippen molar-refractivity contribution in [3.8, 4) is 0 Å². The van der Waals surface area contributed by atoms with E-state index in [0.29, 0.717) is 17.2 Å². The zero-order valence-electron chi connectivity index (χ0n) is 14.2. The number of hydrogen-bond acceptors (Lipinski definition) is 6. The van der Waals surface area contributed by atoms with Crippen molar-refractivity contribution in [1.82, 2.24) is 19.7 Å². The maximum Gasteiger partial charge on any atom is 0.338 e. The molecule has 0 radical (unpaired) electrons. The van der Waals surface area contributed by atoms with Gasteiger partial charge in [0.1, 0.15) is 12.4 Å². The standard InChI is InChI=1S/C19H17N5O2/c1-2-26-18(25)15-16(13-6-4-3-5-7-13)23-19-21-12-22-24(19)17(15)14-8-10-20-11-9-14/h3-12,17H,2H2,1H3,(H,21,22,23)/t17-/m0/s1. The van der Waals surface area contributed by atoms with Crippen molar-refractivity contribution >= 4 is 17.6 Å². The number of carbonyl (C=O) groups excluding carboxylic acids is 1. The predicted molar refractivity (Wildman–Crippen MR) is 96.0 cm³/mol. The van der Waals surface area contributed by atoms with Gasteiger partial charge in [-0.25, -0.2) is 9.48 Å². The van der Waals surface area contributed by atoms with Crippen LogP contribution in [0, 0.1) is 0 Å². The second kappa shape index (κ2) is 6.79. The molecule has 0 spiro atoms. The molecule has 0 bridgehead atoms. The van der Waals surface area contributed by atoms with E-state index in [1.165, 1.54) is 6.33 Å². The van der Waals surface area contributed by atoms with E-state index >= 15 is 0 Å². The van der Waals surface area contributed by atoms with Gasteiger partial charge in [0.25, 0.3) is 0 Å². The minimum Gasteiger partial charge on any atom is -0.463 e. The van der Waals surface area contributed by atoms with Crippen LogP contribution in [0.5, 0.6) is 0 Å². The smallest absolute Gasteiger partial charge is 0.338 e. The molecule has 1 N–H and O–H groups in total. The monoisotopic (exact) mass is 347 g/mol. The van der Waals surface area contributed by atoms with E-state index in [0.717, 1.165) is 11.1 Å². The van der Waals surface area contributed by atoms with Crippen molar-refractivity contribution in [2.45, 2.75) is 13.0 Å². The number of hydrogen-bond donors (Lipinski definition) is 1. The maximum atomic E-state index is 12.9. The van der Waals surface area contributed by atoms with Crippen LogP contribution in [-0.2, 0) is 9.53 Å². The van der Waals surface area contributed by atoms with E-state index in [1.807, 2.05) is 42.5 Å². The number of rotatable bonds is 4. The predicted octanol–water partition coefficient (Wildman–Crippen LogP) is 2.66. The van der Waals surface area contributed by atoms with E-state index < -0.39 is 6.04 Å². The number of nitrogens with zero attached hydrogens (tertiary/aromatic N) is 4. The Labute approximate surface area is 150 Å². The Bertz CT molecular complexity index is 950. The van der Waals surface area contributed by atoms with Gasteiger partial charge in [-0.3, -0.25) is 4.98 Å². The molecular weight excluding hydrogens is 330 g/mol. The molecule has 0 aliphatic carbocycles. The molecule has 1 aliphatic rings. The molecule has 3 heterocycles. The second-order valence-electron chi connectivity index (χ2n) is 5.71. The summed E-state index contributed by atoms with van der Waals surface area (Å²) in [5.74, 6) is 0.181. The third-order valence-corrected chi connectivity index (χ3v) is 4.18. The first-order valence-corrected chi connectivity index (χ1v) is 8.32. The Morgan fingerprint density at radius 3 is 2.69 bits per heavy atom. The number of pyridine rings is 1. The number of nitrogens with one attached hydrogen (secondary N) is 1. The summed E-state index contributed by atoms with van der Waals surface area (Å²) in [4.78, 5) is 21.3. The van der Waals surface area contributed by atoms with Gasteiger partial charge in [-0.15, -0.1) is 0 Å². The summed E-state index contributed by atoms with van der Waals surface area (Å²) in [5.41, 5.74) is 2.92. The Morgan fingerprint density at radius 2 is 1.96 bits per heavy atom. The third kappa shape index (κ3) is 2.73. The highest BCUT2D eigenvalue weighted by Crippen LogP contribution is 2.38. The van der Waals surface area contributed by atoms with Crippen LogP contribution < -0.4 is 5.32 Å². The number of benzene rings is 1. The highest BCUT2D eigenvalue weighted by Gasteiger charge is 2.36. The molecule has 1 aliphatic heterocycles. The molecule has 0 saturated carbocycles. The third-order valence-electron chi connectivity index (χ3n) is 4.18. The normalized spacial score (nSPS) is 16.0. The summed E-state index contributed by atoms with van der Waals surface area (Å²) in [6.07, 6.45) is 4.85. The average molecular weight is 347 g/mol. The average Bonchev–Trinajstić information content (AvgIpc) is 3.16. The first kappa shape index (κ1) is 16.0. The van der Waals surface area contributed by atoms with E-state index in [1.54, 1.807) is 24.0 Å². The Kier molecular flexibility index (Phi) is 4.18. The van der Waals surface area contributed by atoms with Gasteiger partial charge >= 0.3 is 5.97 Å². The zero-order chi connectivity index (χ0) is 17.9. The Balaban J connectivity index is 1.96. The molecule has 2 aromatic heterocycles. The van der Waals surface area contributed by atoms with Crippen LogP contribution in [0.15, 0.2) is 66.8 Å². The Morgan fingerprint density at radius 1 is 1.19 bits per heavy atom. The zero-order valence-corrected chi connectivity index (χ0v) is 14.2. The minimum atomic E-state index is -0.453. The summed E-state index contributed by atoms with van der Waals surface area (Å²) >= 11 is 0. The quantitative estimate of drug-likeness (QED) is 0.731. The van der Waals surface area contributed by atoms with Gasteiger partial charge in [-0.05, 0) is 30.2 Å². The number of carbonyl (C=O) groups is 1.